The first-order chi connectivity index (χ1) is 19.4. The minimum absolute atomic E-state index is 0.202. The maximum atomic E-state index is 13.3. The van der Waals surface area contributed by atoms with Crippen LogP contribution in [0.4, 0.5) is 24.5 Å². The molecule has 0 atom stereocenters. The number of nitrogens with one attached hydrogen (secondary N) is 1. The van der Waals surface area contributed by atoms with Gasteiger partial charge in [-0.3, -0.25) is 4.99 Å². The molecule has 2 aliphatic carbocycles. The Bertz CT molecular complexity index is 1670. The third kappa shape index (κ3) is 5.23. The van der Waals surface area contributed by atoms with Crippen molar-refractivity contribution < 1.29 is 17.9 Å². The van der Waals surface area contributed by atoms with E-state index in [1.807, 2.05) is 47.0 Å². The summed E-state index contributed by atoms with van der Waals surface area (Å²) in [5.41, 5.74) is 4.44. The summed E-state index contributed by atoms with van der Waals surface area (Å²) >= 11 is 0. The molecule has 204 valence electrons. The van der Waals surface area contributed by atoms with Gasteiger partial charge in [0.25, 0.3) is 0 Å². The Kier molecular flexibility index (Phi) is 6.88. The number of para-hydroxylation sites is 2. The lowest BCUT2D eigenvalue weighted by Gasteiger charge is -2.22. The van der Waals surface area contributed by atoms with Gasteiger partial charge >= 0.3 is 6.18 Å². The number of halogens is 3. The second-order valence-electron chi connectivity index (χ2n) is 9.97. The first kappa shape index (κ1) is 25.9. The van der Waals surface area contributed by atoms with Gasteiger partial charge in [0.2, 0.25) is 5.88 Å². The maximum Gasteiger partial charge on any atom is 0.416 e. The van der Waals surface area contributed by atoms with Crippen molar-refractivity contribution in [2.24, 2.45) is 4.99 Å². The molecule has 1 saturated carbocycles. The van der Waals surface area contributed by atoms with Crippen LogP contribution in [0.15, 0.2) is 84.0 Å². The van der Waals surface area contributed by atoms with Gasteiger partial charge in [0.15, 0.2) is 0 Å². The fourth-order valence-corrected chi connectivity index (χ4v) is 5.26. The predicted octanol–water partition coefficient (Wildman–Crippen LogP) is 7.53. The van der Waals surface area contributed by atoms with E-state index >= 15 is 0 Å². The van der Waals surface area contributed by atoms with Crippen molar-refractivity contribution in [1.29, 1.82) is 0 Å². The molecule has 1 fully saturated rings. The summed E-state index contributed by atoms with van der Waals surface area (Å²) in [5, 5.41) is 4.22. The van der Waals surface area contributed by atoms with Crippen LogP contribution >= 0.6 is 0 Å². The normalized spacial score (nSPS) is 15.1. The Hall–Kier alpha value is -4.40. The lowest BCUT2D eigenvalue weighted by molar-refractivity contribution is -0.137. The van der Waals surface area contributed by atoms with Crippen molar-refractivity contribution in [3.8, 4) is 23.0 Å². The molecule has 0 unspecified atom stereocenters. The molecule has 9 heteroatoms. The van der Waals surface area contributed by atoms with Crippen LogP contribution in [0, 0.1) is 0 Å². The summed E-state index contributed by atoms with van der Waals surface area (Å²) in [6.45, 7) is 0. The quantitative estimate of drug-likeness (QED) is 0.233. The van der Waals surface area contributed by atoms with Crippen LogP contribution in [-0.2, 0) is 6.18 Å². The number of hydrogen-bond acceptors (Lipinski definition) is 5. The average molecular weight is 544 g/mol. The molecule has 40 heavy (non-hydrogen) atoms. The fourth-order valence-electron chi connectivity index (χ4n) is 5.26. The third-order valence-corrected chi connectivity index (χ3v) is 7.27. The van der Waals surface area contributed by atoms with Crippen LogP contribution in [0.2, 0.25) is 0 Å². The molecule has 2 heterocycles. The van der Waals surface area contributed by atoms with Crippen LogP contribution in [0.1, 0.15) is 37.7 Å². The van der Waals surface area contributed by atoms with E-state index in [1.165, 1.54) is 18.6 Å². The van der Waals surface area contributed by atoms with E-state index in [9.17, 15) is 13.2 Å². The summed E-state index contributed by atoms with van der Waals surface area (Å²) in [4.78, 5) is 14.4. The second-order valence-corrected chi connectivity index (χ2v) is 9.97. The largest absolute Gasteiger partial charge is 0.481 e. The van der Waals surface area contributed by atoms with Crippen LogP contribution in [-0.4, -0.2) is 27.7 Å². The van der Waals surface area contributed by atoms with Crippen molar-refractivity contribution in [3.05, 3.63) is 89.9 Å². The molecule has 2 aromatic carbocycles. The standard InChI is InChI=1S/C31H28F3N5O/c1-40-30-16-13-22(19-35-30)37-25-17-27-29(18-26(25)36-21-7-3-2-4-8-21)39(28-10-6-5-9-24(28)38-27)23-14-11-20(12-15-23)31(32,33)34/h5-6,9-19,21,37H,2-4,7-8H2,1H3. The first-order valence-corrected chi connectivity index (χ1v) is 13.3. The first-order valence-electron chi connectivity index (χ1n) is 13.3. The zero-order chi connectivity index (χ0) is 27.7. The number of hydrogen-bond donors (Lipinski definition) is 1. The highest BCUT2D eigenvalue weighted by atomic mass is 19.4. The smallest absolute Gasteiger partial charge is 0.416 e. The number of anilines is 2. The van der Waals surface area contributed by atoms with E-state index in [-0.39, 0.29) is 6.04 Å². The molecule has 1 N–H and O–H groups in total. The summed E-state index contributed by atoms with van der Waals surface area (Å²) in [7, 11) is 1.57. The monoisotopic (exact) mass is 543 g/mol. The number of pyridine rings is 1. The Morgan fingerprint density at radius 2 is 1.73 bits per heavy atom. The Morgan fingerprint density at radius 3 is 2.42 bits per heavy atom. The minimum atomic E-state index is -4.41. The van der Waals surface area contributed by atoms with E-state index in [0.717, 1.165) is 71.3 Å². The molecule has 1 aromatic heterocycles. The number of nitrogens with zero attached hydrogens (tertiary/aromatic N) is 4. The van der Waals surface area contributed by atoms with Gasteiger partial charge in [-0.1, -0.05) is 31.4 Å². The molecular formula is C31H28F3N5O. The molecule has 0 bridgehead atoms. The Balaban J connectivity index is 1.57. The lowest BCUT2D eigenvalue weighted by Crippen LogP contribution is -2.19. The average Bonchev–Trinajstić information content (AvgIpc) is 2.97. The molecule has 0 spiro atoms. The number of aromatic nitrogens is 3. The highest BCUT2D eigenvalue weighted by Crippen LogP contribution is 2.33. The fraction of sp³-hybridized carbons (Fsp3) is 0.258. The third-order valence-electron chi connectivity index (χ3n) is 7.27. The van der Waals surface area contributed by atoms with Gasteiger partial charge in [-0.15, -0.1) is 0 Å². The number of ether oxygens (including phenoxy) is 1. The number of benzene rings is 3. The molecule has 3 aromatic rings. The van der Waals surface area contributed by atoms with Gasteiger partial charge in [-0.05, 0) is 67.4 Å². The van der Waals surface area contributed by atoms with E-state index < -0.39 is 11.7 Å². The number of rotatable bonds is 5. The molecular weight excluding hydrogens is 515 g/mol. The molecule has 0 saturated heterocycles. The number of alkyl halides is 3. The van der Waals surface area contributed by atoms with E-state index in [2.05, 4.69) is 10.3 Å². The summed E-state index contributed by atoms with van der Waals surface area (Å²) < 4.78 is 47.1. The topological polar surface area (TPSA) is 64.3 Å². The molecule has 6 rings (SSSR count). The molecule has 3 aliphatic rings. The Labute approximate surface area is 229 Å². The molecule has 0 amide bonds. The lowest BCUT2D eigenvalue weighted by atomic mass is 9.96. The highest BCUT2D eigenvalue weighted by Gasteiger charge is 2.30. The van der Waals surface area contributed by atoms with Crippen LogP contribution < -0.4 is 15.4 Å². The summed E-state index contributed by atoms with van der Waals surface area (Å²) in [6.07, 6.45) is 2.84. The molecule has 6 nitrogen and oxygen atoms in total. The highest BCUT2D eigenvalue weighted by molar-refractivity contribution is 5.84. The maximum absolute atomic E-state index is 13.3. The van der Waals surface area contributed by atoms with Gasteiger partial charge in [0.05, 0.1) is 64.1 Å². The van der Waals surface area contributed by atoms with Crippen molar-refractivity contribution in [3.63, 3.8) is 0 Å². The Morgan fingerprint density at radius 1 is 0.950 bits per heavy atom. The van der Waals surface area contributed by atoms with Crippen molar-refractivity contribution in [2.75, 3.05) is 12.4 Å². The van der Waals surface area contributed by atoms with Gasteiger partial charge in [-0.25, -0.2) is 9.97 Å². The van der Waals surface area contributed by atoms with Gasteiger partial charge in [0.1, 0.15) is 0 Å². The summed E-state index contributed by atoms with van der Waals surface area (Å²) in [6, 6.07) is 20.7. The number of fused-ring (bicyclic) bond motifs is 2. The van der Waals surface area contributed by atoms with E-state index in [1.54, 1.807) is 19.4 Å². The van der Waals surface area contributed by atoms with Crippen molar-refractivity contribution >= 4 is 22.4 Å². The zero-order valence-electron chi connectivity index (χ0n) is 21.9. The second kappa shape index (κ2) is 10.6. The van der Waals surface area contributed by atoms with Crippen molar-refractivity contribution in [1.82, 2.24) is 14.5 Å². The van der Waals surface area contributed by atoms with Gasteiger partial charge < -0.3 is 14.6 Å². The molecule has 1 aliphatic heterocycles. The SMILES string of the molecule is COc1ccc(Nc2cc3nc4ccccc4n(-c4ccc(C(F)(F)F)cc4)c-3cc2=NC2CCCCC2)cn1. The van der Waals surface area contributed by atoms with Crippen LogP contribution in [0.5, 0.6) is 5.88 Å². The van der Waals surface area contributed by atoms with E-state index in [4.69, 9.17) is 14.7 Å². The van der Waals surface area contributed by atoms with Crippen molar-refractivity contribution in [2.45, 2.75) is 44.3 Å². The summed E-state index contributed by atoms with van der Waals surface area (Å²) in [5.74, 6) is 0.516. The van der Waals surface area contributed by atoms with Gasteiger partial charge in [0, 0.05) is 11.8 Å². The zero-order valence-corrected chi connectivity index (χ0v) is 21.9. The minimum Gasteiger partial charge on any atom is -0.481 e. The predicted molar refractivity (Wildman–Crippen MR) is 149 cm³/mol. The van der Waals surface area contributed by atoms with E-state index in [0.29, 0.717) is 17.3 Å². The van der Waals surface area contributed by atoms with Gasteiger partial charge in [-0.2, -0.15) is 13.2 Å². The van der Waals surface area contributed by atoms with Crippen LogP contribution in [0.3, 0.4) is 0 Å². The molecule has 0 radical (unpaired) electrons. The van der Waals surface area contributed by atoms with Crippen LogP contribution in [0.25, 0.3) is 28.1 Å². The number of methoxy groups -OCH3 is 1.